The highest BCUT2D eigenvalue weighted by molar-refractivity contribution is 9.10. The largest absolute Gasteiger partial charge is 0.481 e. The first-order chi connectivity index (χ1) is 8.61. The van der Waals surface area contributed by atoms with Gasteiger partial charge in [0.1, 0.15) is 11.7 Å². The van der Waals surface area contributed by atoms with Crippen molar-refractivity contribution in [1.29, 1.82) is 0 Å². The van der Waals surface area contributed by atoms with Crippen LogP contribution in [-0.4, -0.2) is 21.0 Å². The Kier molecular flexibility index (Phi) is 3.81. The fraction of sp³-hybridized carbons (Fsp3) is 0.231. The molecular weight excluding hydrogens is 296 g/mol. The van der Waals surface area contributed by atoms with E-state index in [4.69, 9.17) is 5.11 Å². The zero-order valence-corrected chi connectivity index (χ0v) is 11.4. The molecule has 94 valence electrons. The van der Waals surface area contributed by atoms with E-state index in [1.165, 1.54) is 0 Å². The van der Waals surface area contributed by atoms with Crippen LogP contribution >= 0.6 is 15.9 Å². The summed E-state index contributed by atoms with van der Waals surface area (Å²) in [5.41, 5.74) is 1.81. The third-order valence-electron chi connectivity index (χ3n) is 2.79. The maximum atomic E-state index is 11.1. The fourth-order valence-electron chi connectivity index (χ4n) is 1.77. The van der Waals surface area contributed by atoms with Gasteiger partial charge in [0.15, 0.2) is 0 Å². The predicted molar refractivity (Wildman–Crippen MR) is 72.4 cm³/mol. The Labute approximate surface area is 113 Å². The number of hydrogen-bond acceptors (Lipinski definition) is 2. The topological polar surface area (TPSA) is 66.0 Å². The molecule has 2 N–H and O–H groups in total. The number of H-pyrrole nitrogens is 1. The average molecular weight is 309 g/mol. The smallest absolute Gasteiger partial charge is 0.314 e. The van der Waals surface area contributed by atoms with E-state index >= 15 is 0 Å². The molecule has 0 aliphatic carbocycles. The van der Waals surface area contributed by atoms with Crippen molar-refractivity contribution in [3.05, 3.63) is 40.8 Å². The normalized spacial score (nSPS) is 12.3. The van der Waals surface area contributed by atoms with Crippen LogP contribution in [0.25, 0.3) is 11.3 Å². The molecule has 0 fully saturated rings. The number of aliphatic carboxylic acids is 1. The van der Waals surface area contributed by atoms with Crippen molar-refractivity contribution in [3.8, 4) is 11.3 Å². The van der Waals surface area contributed by atoms with E-state index in [1.807, 2.05) is 31.2 Å². The van der Waals surface area contributed by atoms with Crippen LogP contribution in [0.4, 0.5) is 0 Å². The van der Waals surface area contributed by atoms with E-state index in [0.717, 1.165) is 15.7 Å². The molecule has 0 aliphatic rings. The van der Waals surface area contributed by atoms with Gasteiger partial charge < -0.3 is 10.1 Å². The van der Waals surface area contributed by atoms with Crippen molar-refractivity contribution in [1.82, 2.24) is 9.97 Å². The van der Waals surface area contributed by atoms with Crippen LogP contribution in [0.1, 0.15) is 25.1 Å². The number of imidazole rings is 1. The van der Waals surface area contributed by atoms with E-state index in [0.29, 0.717) is 12.2 Å². The van der Waals surface area contributed by atoms with Crippen molar-refractivity contribution < 1.29 is 9.90 Å². The Balaban J connectivity index is 2.30. The quantitative estimate of drug-likeness (QED) is 0.909. The number of aromatic nitrogens is 2. The summed E-state index contributed by atoms with van der Waals surface area (Å²) in [7, 11) is 0. The maximum Gasteiger partial charge on any atom is 0.314 e. The molecule has 1 atom stereocenters. The number of carboxylic acid groups (broad SMARTS) is 1. The van der Waals surface area contributed by atoms with Crippen LogP contribution in [0.5, 0.6) is 0 Å². The summed E-state index contributed by atoms with van der Waals surface area (Å²) < 4.78 is 1.00. The van der Waals surface area contributed by atoms with Crippen molar-refractivity contribution in [2.24, 2.45) is 0 Å². The minimum Gasteiger partial charge on any atom is -0.481 e. The van der Waals surface area contributed by atoms with Crippen LogP contribution in [0.2, 0.25) is 0 Å². The monoisotopic (exact) mass is 308 g/mol. The third-order valence-corrected chi connectivity index (χ3v) is 3.32. The highest BCUT2D eigenvalue weighted by atomic mass is 79.9. The second kappa shape index (κ2) is 5.35. The van der Waals surface area contributed by atoms with Gasteiger partial charge in [0.2, 0.25) is 0 Å². The molecule has 0 spiro atoms. The number of carbonyl (C=O) groups is 1. The van der Waals surface area contributed by atoms with Gasteiger partial charge in [0.05, 0.1) is 11.9 Å². The van der Waals surface area contributed by atoms with Gasteiger partial charge >= 0.3 is 5.97 Å². The Morgan fingerprint density at radius 1 is 1.44 bits per heavy atom. The Bertz CT molecular complexity index is 548. The van der Waals surface area contributed by atoms with E-state index in [2.05, 4.69) is 25.9 Å². The van der Waals surface area contributed by atoms with Crippen LogP contribution < -0.4 is 0 Å². The third kappa shape index (κ3) is 2.61. The molecule has 0 radical (unpaired) electrons. The molecule has 1 aromatic heterocycles. The summed E-state index contributed by atoms with van der Waals surface area (Å²) in [6, 6.07) is 7.76. The molecule has 4 nitrogen and oxygen atoms in total. The van der Waals surface area contributed by atoms with Gasteiger partial charge in [-0.05, 0) is 24.1 Å². The molecular formula is C13H13BrN2O2. The predicted octanol–water partition coefficient (Wildman–Crippen LogP) is 3.42. The summed E-state index contributed by atoms with van der Waals surface area (Å²) in [5.74, 6) is -0.925. The van der Waals surface area contributed by atoms with Gasteiger partial charge in [-0.25, -0.2) is 4.98 Å². The average Bonchev–Trinajstić information content (AvgIpc) is 2.80. The SMILES string of the molecule is CCC(C(=O)O)c1ncc(-c2ccc(Br)cc2)[nH]1. The molecule has 18 heavy (non-hydrogen) atoms. The molecule has 1 heterocycles. The minimum absolute atomic E-state index is 0.503. The van der Waals surface area contributed by atoms with Crippen LogP contribution in [0, 0.1) is 0 Å². The van der Waals surface area contributed by atoms with Crippen LogP contribution in [-0.2, 0) is 4.79 Å². The van der Waals surface area contributed by atoms with Crippen molar-refractivity contribution >= 4 is 21.9 Å². The minimum atomic E-state index is -0.853. The van der Waals surface area contributed by atoms with E-state index in [9.17, 15) is 4.79 Å². The van der Waals surface area contributed by atoms with Crippen LogP contribution in [0.3, 0.4) is 0 Å². The molecule has 2 rings (SSSR count). The van der Waals surface area contributed by atoms with Crippen molar-refractivity contribution in [2.45, 2.75) is 19.3 Å². The number of rotatable bonds is 4. The summed E-state index contributed by atoms with van der Waals surface area (Å²) >= 11 is 3.37. The van der Waals surface area contributed by atoms with Crippen molar-refractivity contribution in [3.63, 3.8) is 0 Å². The standard InChI is InChI=1S/C13H13BrN2O2/c1-2-10(13(17)18)12-15-7-11(16-12)8-3-5-9(14)6-4-8/h3-7,10H,2H2,1H3,(H,15,16)(H,17,18). The second-order valence-electron chi connectivity index (χ2n) is 3.99. The Morgan fingerprint density at radius 3 is 2.67 bits per heavy atom. The number of carboxylic acids is 1. The van der Waals surface area contributed by atoms with Crippen molar-refractivity contribution in [2.75, 3.05) is 0 Å². The number of halogens is 1. The molecule has 5 heteroatoms. The molecule has 0 saturated heterocycles. The lowest BCUT2D eigenvalue weighted by atomic mass is 10.1. The summed E-state index contributed by atoms with van der Waals surface area (Å²) in [4.78, 5) is 18.3. The van der Waals surface area contributed by atoms with Gasteiger partial charge in [0.25, 0.3) is 0 Å². The zero-order chi connectivity index (χ0) is 13.1. The first kappa shape index (κ1) is 12.8. The first-order valence-corrected chi connectivity index (χ1v) is 6.44. The van der Waals surface area contributed by atoms with Gasteiger partial charge in [-0.3, -0.25) is 4.79 Å². The fourth-order valence-corrected chi connectivity index (χ4v) is 2.04. The van der Waals surface area contributed by atoms with E-state index in [1.54, 1.807) is 6.20 Å². The molecule has 0 aliphatic heterocycles. The summed E-state index contributed by atoms with van der Waals surface area (Å²) in [5, 5.41) is 9.08. The first-order valence-electron chi connectivity index (χ1n) is 5.65. The Morgan fingerprint density at radius 2 is 2.11 bits per heavy atom. The molecule has 2 aromatic rings. The second-order valence-corrected chi connectivity index (χ2v) is 4.90. The molecule has 1 aromatic carbocycles. The summed E-state index contributed by atoms with van der Waals surface area (Å²) in [6.45, 7) is 1.83. The highest BCUT2D eigenvalue weighted by Gasteiger charge is 2.20. The van der Waals surface area contributed by atoms with Gasteiger partial charge in [-0.2, -0.15) is 0 Å². The van der Waals surface area contributed by atoms with Gasteiger partial charge in [0, 0.05) is 4.47 Å². The van der Waals surface area contributed by atoms with Gasteiger partial charge in [-0.15, -0.1) is 0 Å². The number of benzene rings is 1. The molecule has 0 saturated carbocycles. The lowest BCUT2D eigenvalue weighted by Crippen LogP contribution is -2.11. The lowest BCUT2D eigenvalue weighted by molar-refractivity contribution is -0.139. The highest BCUT2D eigenvalue weighted by Crippen LogP contribution is 2.23. The zero-order valence-electron chi connectivity index (χ0n) is 9.85. The number of aromatic amines is 1. The number of nitrogens with zero attached hydrogens (tertiary/aromatic N) is 1. The van der Waals surface area contributed by atoms with Crippen LogP contribution in [0.15, 0.2) is 34.9 Å². The maximum absolute atomic E-state index is 11.1. The summed E-state index contributed by atoms with van der Waals surface area (Å²) in [6.07, 6.45) is 2.19. The number of hydrogen-bond donors (Lipinski definition) is 2. The van der Waals surface area contributed by atoms with E-state index < -0.39 is 11.9 Å². The Hall–Kier alpha value is -1.62. The molecule has 0 amide bonds. The number of nitrogens with one attached hydrogen (secondary N) is 1. The van der Waals surface area contributed by atoms with Gasteiger partial charge in [-0.1, -0.05) is 35.0 Å². The lowest BCUT2D eigenvalue weighted by Gasteiger charge is -2.05. The van der Waals surface area contributed by atoms with E-state index in [-0.39, 0.29) is 0 Å². The molecule has 0 bridgehead atoms. The molecule has 1 unspecified atom stereocenters.